The van der Waals surface area contributed by atoms with Crippen LogP contribution in [-0.4, -0.2) is 33.1 Å². The molecular weight excluding hydrogens is 342 g/mol. The molecule has 0 atom stereocenters. The molecule has 140 valence electrons. The van der Waals surface area contributed by atoms with Crippen molar-refractivity contribution in [3.8, 4) is 0 Å². The van der Waals surface area contributed by atoms with Gasteiger partial charge in [-0.15, -0.1) is 0 Å². The molecular formula is C21H23N3O3. The number of hydrogen-bond donors (Lipinski definition) is 2. The molecule has 0 aliphatic carbocycles. The van der Waals surface area contributed by atoms with E-state index in [4.69, 9.17) is 10.1 Å². The average molecular weight is 365 g/mol. The summed E-state index contributed by atoms with van der Waals surface area (Å²) in [6, 6.07) is 14.7. The molecule has 2 N–H and O–H groups in total. The number of nitrogens with zero attached hydrogens (tertiary/aromatic N) is 2. The van der Waals surface area contributed by atoms with E-state index in [1.807, 2.05) is 18.2 Å². The van der Waals surface area contributed by atoms with E-state index in [9.17, 15) is 9.59 Å². The fourth-order valence-corrected chi connectivity index (χ4v) is 3.22. The minimum Gasteiger partial charge on any atom is -0.478 e. The lowest BCUT2D eigenvalue weighted by Crippen LogP contribution is -2.28. The molecule has 3 aromatic rings. The first kappa shape index (κ1) is 18.6. The molecule has 0 aliphatic heterocycles. The molecule has 0 bridgehead atoms. The number of carbonyl (C=O) groups is 2. The summed E-state index contributed by atoms with van der Waals surface area (Å²) < 4.78 is 2.19. The zero-order valence-corrected chi connectivity index (χ0v) is 15.5. The summed E-state index contributed by atoms with van der Waals surface area (Å²) in [7, 11) is 0. The molecule has 0 aliphatic rings. The van der Waals surface area contributed by atoms with Crippen LogP contribution in [0.2, 0.25) is 0 Å². The van der Waals surface area contributed by atoms with Gasteiger partial charge in [-0.3, -0.25) is 4.79 Å². The van der Waals surface area contributed by atoms with Crippen LogP contribution in [0.4, 0.5) is 0 Å². The quantitative estimate of drug-likeness (QED) is 0.673. The van der Waals surface area contributed by atoms with Crippen molar-refractivity contribution in [1.82, 2.24) is 14.9 Å². The normalized spacial score (nSPS) is 11.1. The predicted octanol–water partition coefficient (Wildman–Crippen LogP) is 3.22. The SMILES string of the molecule is CC(C)n1c(CCNC(=O)Cc2cccc(C(=O)O)c2)nc2ccccc21. The molecule has 0 fully saturated rings. The Morgan fingerprint density at radius 2 is 1.93 bits per heavy atom. The van der Waals surface area contributed by atoms with Crippen LogP contribution in [0.5, 0.6) is 0 Å². The molecule has 1 heterocycles. The highest BCUT2D eigenvalue weighted by molar-refractivity contribution is 5.88. The minimum atomic E-state index is -0.996. The molecule has 0 radical (unpaired) electrons. The standard InChI is InChI=1S/C21H23N3O3/c1-14(2)24-18-9-4-3-8-17(18)23-19(24)10-11-22-20(25)13-15-6-5-7-16(12-15)21(26)27/h3-9,12,14H,10-11,13H2,1-2H3,(H,22,25)(H,26,27). The Balaban J connectivity index is 1.62. The number of fused-ring (bicyclic) bond motifs is 1. The van der Waals surface area contributed by atoms with Gasteiger partial charge in [-0.25, -0.2) is 9.78 Å². The summed E-state index contributed by atoms with van der Waals surface area (Å²) in [6.45, 7) is 4.71. The highest BCUT2D eigenvalue weighted by Crippen LogP contribution is 2.21. The first-order chi connectivity index (χ1) is 13.0. The number of imidazole rings is 1. The molecule has 27 heavy (non-hydrogen) atoms. The fourth-order valence-electron chi connectivity index (χ4n) is 3.22. The zero-order valence-electron chi connectivity index (χ0n) is 15.5. The summed E-state index contributed by atoms with van der Waals surface area (Å²) in [5, 5.41) is 11.9. The van der Waals surface area contributed by atoms with E-state index in [2.05, 4.69) is 29.8 Å². The number of para-hydroxylation sites is 2. The molecule has 2 aromatic carbocycles. The lowest BCUT2D eigenvalue weighted by molar-refractivity contribution is -0.120. The largest absolute Gasteiger partial charge is 0.478 e. The summed E-state index contributed by atoms with van der Waals surface area (Å²) in [4.78, 5) is 27.9. The topological polar surface area (TPSA) is 84.2 Å². The molecule has 6 nitrogen and oxygen atoms in total. The Kier molecular flexibility index (Phi) is 5.54. The molecule has 6 heteroatoms. The van der Waals surface area contributed by atoms with E-state index in [0.717, 1.165) is 16.9 Å². The molecule has 1 amide bonds. The van der Waals surface area contributed by atoms with Crippen molar-refractivity contribution in [3.63, 3.8) is 0 Å². The Labute approximate surface area is 157 Å². The van der Waals surface area contributed by atoms with Crippen molar-refractivity contribution in [3.05, 3.63) is 65.5 Å². The number of carboxylic acids is 1. The van der Waals surface area contributed by atoms with E-state index in [1.165, 1.54) is 12.1 Å². The van der Waals surface area contributed by atoms with Gasteiger partial charge in [-0.2, -0.15) is 0 Å². The molecule has 0 saturated heterocycles. The number of nitrogens with one attached hydrogen (secondary N) is 1. The summed E-state index contributed by atoms with van der Waals surface area (Å²) >= 11 is 0. The predicted molar refractivity (Wildman–Crippen MR) is 104 cm³/mol. The van der Waals surface area contributed by atoms with Gasteiger partial charge in [0, 0.05) is 19.0 Å². The van der Waals surface area contributed by atoms with Gasteiger partial charge in [0.15, 0.2) is 0 Å². The number of benzene rings is 2. The monoisotopic (exact) mass is 365 g/mol. The van der Waals surface area contributed by atoms with Gasteiger partial charge in [-0.05, 0) is 43.7 Å². The van der Waals surface area contributed by atoms with Crippen LogP contribution in [0.3, 0.4) is 0 Å². The van der Waals surface area contributed by atoms with Crippen LogP contribution >= 0.6 is 0 Å². The van der Waals surface area contributed by atoms with Crippen molar-refractivity contribution in [2.24, 2.45) is 0 Å². The molecule has 1 aromatic heterocycles. The van der Waals surface area contributed by atoms with Crippen LogP contribution in [0.15, 0.2) is 48.5 Å². The van der Waals surface area contributed by atoms with Gasteiger partial charge in [0.2, 0.25) is 5.91 Å². The first-order valence-electron chi connectivity index (χ1n) is 9.00. The molecule has 0 unspecified atom stereocenters. The summed E-state index contributed by atoms with van der Waals surface area (Å²) in [5.74, 6) is -0.186. The molecule has 3 rings (SSSR count). The third kappa shape index (κ3) is 4.34. The highest BCUT2D eigenvalue weighted by Gasteiger charge is 2.13. The van der Waals surface area contributed by atoms with Gasteiger partial charge in [0.05, 0.1) is 23.0 Å². The van der Waals surface area contributed by atoms with Gasteiger partial charge in [0.1, 0.15) is 5.82 Å². The number of carboxylic acid groups (broad SMARTS) is 1. The summed E-state index contributed by atoms with van der Waals surface area (Å²) in [6.07, 6.45) is 0.787. The van der Waals surface area contributed by atoms with E-state index < -0.39 is 5.97 Å². The number of hydrogen-bond acceptors (Lipinski definition) is 3. The van der Waals surface area contributed by atoms with Crippen LogP contribution < -0.4 is 5.32 Å². The number of aromatic carboxylic acids is 1. The van der Waals surface area contributed by atoms with Gasteiger partial charge in [0.25, 0.3) is 0 Å². The number of aromatic nitrogens is 2. The number of carbonyl (C=O) groups excluding carboxylic acids is 1. The minimum absolute atomic E-state index is 0.134. The Hall–Kier alpha value is -3.15. The van der Waals surface area contributed by atoms with Gasteiger partial charge < -0.3 is 15.0 Å². The van der Waals surface area contributed by atoms with Gasteiger partial charge >= 0.3 is 5.97 Å². The molecule has 0 spiro atoms. The second kappa shape index (κ2) is 8.03. The van der Waals surface area contributed by atoms with Crippen molar-refractivity contribution in [2.75, 3.05) is 6.54 Å². The second-order valence-electron chi connectivity index (χ2n) is 6.76. The second-order valence-corrected chi connectivity index (χ2v) is 6.76. The van der Waals surface area contributed by atoms with E-state index in [1.54, 1.807) is 12.1 Å². The van der Waals surface area contributed by atoms with Crippen LogP contribution in [0.25, 0.3) is 11.0 Å². The van der Waals surface area contributed by atoms with Crippen molar-refractivity contribution in [2.45, 2.75) is 32.7 Å². The smallest absolute Gasteiger partial charge is 0.335 e. The van der Waals surface area contributed by atoms with Crippen molar-refractivity contribution in [1.29, 1.82) is 0 Å². The highest BCUT2D eigenvalue weighted by atomic mass is 16.4. The fraction of sp³-hybridized carbons (Fsp3) is 0.286. The average Bonchev–Trinajstić information content (AvgIpc) is 3.00. The Morgan fingerprint density at radius 3 is 2.67 bits per heavy atom. The number of rotatable bonds is 7. The maximum absolute atomic E-state index is 12.2. The maximum atomic E-state index is 12.2. The van der Waals surface area contributed by atoms with Gasteiger partial charge in [-0.1, -0.05) is 24.3 Å². The zero-order chi connectivity index (χ0) is 19.4. The van der Waals surface area contributed by atoms with Crippen LogP contribution in [0.1, 0.15) is 41.6 Å². The summed E-state index contributed by atoms with van der Waals surface area (Å²) in [5.41, 5.74) is 2.92. The lowest BCUT2D eigenvalue weighted by atomic mass is 10.1. The third-order valence-corrected chi connectivity index (χ3v) is 4.39. The molecule has 0 saturated carbocycles. The Bertz CT molecular complexity index is 976. The van der Waals surface area contributed by atoms with Crippen molar-refractivity contribution >= 4 is 22.9 Å². The Morgan fingerprint density at radius 1 is 1.15 bits per heavy atom. The van der Waals surface area contributed by atoms with Crippen LogP contribution in [-0.2, 0) is 17.6 Å². The van der Waals surface area contributed by atoms with E-state index in [-0.39, 0.29) is 23.9 Å². The van der Waals surface area contributed by atoms with Crippen LogP contribution in [0, 0.1) is 0 Å². The lowest BCUT2D eigenvalue weighted by Gasteiger charge is -2.13. The maximum Gasteiger partial charge on any atom is 0.335 e. The van der Waals surface area contributed by atoms with E-state index >= 15 is 0 Å². The first-order valence-corrected chi connectivity index (χ1v) is 9.00. The third-order valence-electron chi connectivity index (χ3n) is 4.39. The van der Waals surface area contributed by atoms with E-state index in [0.29, 0.717) is 18.5 Å². The van der Waals surface area contributed by atoms with Crippen molar-refractivity contribution < 1.29 is 14.7 Å². The number of amides is 1.